The molecule has 0 aromatic heterocycles. The zero-order valence-electron chi connectivity index (χ0n) is 6.14. The Hall–Kier alpha value is 0.200. The zero-order chi connectivity index (χ0) is 7.82. The molecule has 10 heavy (non-hydrogen) atoms. The van der Waals surface area contributed by atoms with Crippen molar-refractivity contribution in [2.24, 2.45) is 0 Å². The van der Waals surface area contributed by atoms with Crippen LogP contribution in [-0.2, 0) is 0 Å². The molecule has 0 aliphatic carbocycles. The molecule has 4 heteroatoms. The molecule has 0 rings (SSSR count). The topological polar surface area (TPSA) is 32.3 Å². The van der Waals surface area contributed by atoms with Crippen LogP contribution < -0.4 is 5.32 Å². The van der Waals surface area contributed by atoms with E-state index in [9.17, 15) is 4.39 Å². The van der Waals surface area contributed by atoms with E-state index in [1.807, 2.05) is 6.92 Å². The van der Waals surface area contributed by atoms with Crippen LogP contribution in [0.1, 0.15) is 13.3 Å². The third-order valence-corrected chi connectivity index (χ3v) is 1.56. The van der Waals surface area contributed by atoms with Crippen molar-refractivity contribution < 1.29 is 8.94 Å². The summed E-state index contributed by atoms with van der Waals surface area (Å²) in [5.41, 5.74) is 0. The number of hydrogen-bond donors (Lipinski definition) is 2. The number of rotatable bonds is 6. The molecule has 0 aliphatic heterocycles. The Kier molecular flexibility index (Phi) is 7.45. The first-order valence-electron chi connectivity index (χ1n) is 3.42. The maximum atomic E-state index is 12.5. The Balaban J connectivity index is 2.97. The lowest BCUT2D eigenvalue weighted by atomic mass is 10.4. The quantitative estimate of drug-likeness (QED) is 0.465. The van der Waals surface area contributed by atoms with Crippen molar-refractivity contribution in [3.63, 3.8) is 0 Å². The monoisotopic (exact) mass is 167 g/mol. The van der Waals surface area contributed by atoms with E-state index in [-0.39, 0.29) is 5.75 Å². The highest BCUT2D eigenvalue weighted by Gasteiger charge is 2.03. The summed E-state index contributed by atoms with van der Waals surface area (Å²) in [5, 5.41) is 2.92. The number of nitrogens with one attached hydrogen (secondary N) is 1. The summed E-state index contributed by atoms with van der Waals surface area (Å²) >= 11 is 0.553. The van der Waals surface area contributed by atoms with Gasteiger partial charge in [0.25, 0.3) is 0 Å². The van der Waals surface area contributed by atoms with E-state index < -0.39 is 6.17 Å². The van der Waals surface area contributed by atoms with Crippen LogP contribution >= 0.6 is 12.0 Å². The molecule has 0 amide bonds. The van der Waals surface area contributed by atoms with E-state index >= 15 is 0 Å². The summed E-state index contributed by atoms with van der Waals surface area (Å²) in [5.74, 6) is 0.163. The van der Waals surface area contributed by atoms with Crippen molar-refractivity contribution in [3.05, 3.63) is 0 Å². The predicted molar refractivity (Wildman–Crippen MR) is 43.1 cm³/mol. The normalized spacial score (nSPS) is 13.5. The van der Waals surface area contributed by atoms with Crippen molar-refractivity contribution in [2.75, 3.05) is 18.8 Å². The fourth-order valence-electron chi connectivity index (χ4n) is 0.575. The van der Waals surface area contributed by atoms with Gasteiger partial charge >= 0.3 is 0 Å². The van der Waals surface area contributed by atoms with E-state index in [1.54, 1.807) is 0 Å². The SMILES string of the molecule is CCCNCC(F)CSO. The van der Waals surface area contributed by atoms with Crippen LogP contribution in [0.25, 0.3) is 0 Å². The molecule has 0 spiro atoms. The summed E-state index contributed by atoms with van der Waals surface area (Å²) in [6.07, 6.45) is 0.0838. The highest BCUT2D eigenvalue weighted by atomic mass is 32.2. The van der Waals surface area contributed by atoms with Gasteiger partial charge in [-0.15, -0.1) is 0 Å². The van der Waals surface area contributed by atoms with Gasteiger partial charge in [0.15, 0.2) is 0 Å². The Morgan fingerprint density at radius 1 is 1.70 bits per heavy atom. The number of hydrogen-bond acceptors (Lipinski definition) is 3. The zero-order valence-corrected chi connectivity index (χ0v) is 6.96. The molecule has 0 aromatic rings. The second-order valence-electron chi connectivity index (χ2n) is 2.10. The lowest BCUT2D eigenvalue weighted by Crippen LogP contribution is -2.25. The fourth-order valence-corrected chi connectivity index (χ4v) is 0.855. The summed E-state index contributed by atoms with van der Waals surface area (Å²) in [4.78, 5) is 0. The van der Waals surface area contributed by atoms with Crippen molar-refractivity contribution in [1.82, 2.24) is 5.32 Å². The van der Waals surface area contributed by atoms with Crippen molar-refractivity contribution in [3.8, 4) is 0 Å². The lowest BCUT2D eigenvalue weighted by Gasteiger charge is -2.05. The molecule has 2 N–H and O–H groups in total. The molecule has 1 unspecified atom stereocenters. The van der Waals surface area contributed by atoms with Crippen molar-refractivity contribution in [2.45, 2.75) is 19.5 Å². The van der Waals surface area contributed by atoms with E-state index in [2.05, 4.69) is 5.32 Å². The average molecular weight is 167 g/mol. The molecule has 0 bridgehead atoms. The standard InChI is InChI=1S/C6H14FNOS/c1-2-3-8-4-6(7)5-10-9/h6,8-9H,2-5H2,1H3. The van der Waals surface area contributed by atoms with Gasteiger partial charge in [0, 0.05) is 6.54 Å². The fraction of sp³-hybridized carbons (Fsp3) is 1.00. The highest BCUT2D eigenvalue weighted by molar-refractivity contribution is 7.93. The van der Waals surface area contributed by atoms with E-state index in [4.69, 9.17) is 4.55 Å². The molecule has 0 heterocycles. The van der Waals surface area contributed by atoms with Gasteiger partial charge in [0.1, 0.15) is 6.17 Å². The molecule has 0 aliphatic rings. The van der Waals surface area contributed by atoms with Gasteiger partial charge in [-0.1, -0.05) is 6.92 Å². The molecule has 1 atom stereocenters. The molecular weight excluding hydrogens is 153 g/mol. The van der Waals surface area contributed by atoms with Gasteiger partial charge < -0.3 is 9.87 Å². The number of halogens is 1. The van der Waals surface area contributed by atoms with Crippen LogP contribution in [0.2, 0.25) is 0 Å². The van der Waals surface area contributed by atoms with Gasteiger partial charge in [0.2, 0.25) is 0 Å². The van der Waals surface area contributed by atoms with E-state index in [0.717, 1.165) is 13.0 Å². The van der Waals surface area contributed by atoms with Gasteiger partial charge in [-0.25, -0.2) is 4.39 Å². The van der Waals surface area contributed by atoms with E-state index in [1.165, 1.54) is 0 Å². The Morgan fingerprint density at radius 3 is 2.90 bits per heavy atom. The third-order valence-electron chi connectivity index (χ3n) is 1.05. The van der Waals surface area contributed by atoms with Gasteiger partial charge in [-0.2, -0.15) is 0 Å². The second kappa shape index (κ2) is 7.31. The third kappa shape index (κ3) is 6.32. The average Bonchev–Trinajstić information content (AvgIpc) is 1.89. The molecule has 0 saturated carbocycles. The summed E-state index contributed by atoms with van der Waals surface area (Å²) in [6, 6.07) is 0. The van der Waals surface area contributed by atoms with Crippen molar-refractivity contribution in [1.29, 1.82) is 0 Å². The van der Waals surface area contributed by atoms with Crippen LogP contribution in [0, 0.1) is 0 Å². The highest BCUT2D eigenvalue weighted by Crippen LogP contribution is 1.98. The minimum atomic E-state index is -0.929. The smallest absolute Gasteiger partial charge is 0.124 e. The first-order chi connectivity index (χ1) is 4.81. The number of alkyl halides is 1. The van der Waals surface area contributed by atoms with Crippen LogP contribution in [0.4, 0.5) is 4.39 Å². The molecule has 2 nitrogen and oxygen atoms in total. The van der Waals surface area contributed by atoms with Crippen LogP contribution in [-0.4, -0.2) is 29.6 Å². The minimum Gasteiger partial charge on any atom is -0.330 e. The first-order valence-corrected chi connectivity index (χ1v) is 4.36. The molecule has 0 saturated heterocycles. The predicted octanol–water partition coefficient (Wildman–Crippen LogP) is 1.53. The molecule has 0 fully saturated rings. The van der Waals surface area contributed by atoms with Crippen LogP contribution in [0.15, 0.2) is 0 Å². The molecule has 0 aromatic carbocycles. The lowest BCUT2D eigenvalue weighted by molar-refractivity contribution is 0.348. The summed E-state index contributed by atoms with van der Waals surface area (Å²) in [6.45, 7) is 3.22. The summed E-state index contributed by atoms with van der Waals surface area (Å²) < 4.78 is 20.7. The molecular formula is C6H14FNOS. The Labute approximate surface area is 65.4 Å². The largest absolute Gasteiger partial charge is 0.330 e. The second-order valence-corrected chi connectivity index (χ2v) is 2.69. The minimum absolute atomic E-state index is 0.163. The summed E-state index contributed by atoms with van der Waals surface area (Å²) in [7, 11) is 0. The van der Waals surface area contributed by atoms with Gasteiger partial charge in [-0.3, -0.25) is 0 Å². The van der Waals surface area contributed by atoms with E-state index in [0.29, 0.717) is 18.6 Å². The Morgan fingerprint density at radius 2 is 2.40 bits per heavy atom. The molecule has 62 valence electrons. The van der Waals surface area contributed by atoms with Gasteiger partial charge in [0.05, 0.1) is 5.75 Å². The molecule has 0 radical (unpaired) electrons. The van der Waals surface area contributed by atoms with Crippen molar-refractivity contribution >= 4 is 12.0 Å². The first kappa shape index (κ1) is 10.2. The van der Waals surface area contributed by atoms with Gasteiger partial charge in [-0.05, 0) is 25.0 Å². The van der Waals surface area contributed by atoms with Crippen LogP contribution in [0.3, 0.4) is 0 Å². The Bertz CT molecular complexity index is 74.8. The maximum absolute atomic E-state index is 12.5. The maximum Gasteiger partial charge on any atom is 0.124 e. The van der Waals surface area contributed by atoms with Crippen LogP contribution in [0.5, 0.6) is 0 Å².